The number of rotatable bonds is 5. The predicted octanol–water partition coefficient (Wildman–Crippen LogP) is 4.67. The fraction of sp³-hybridized carbons (Fsp3) is 0.391. The summed E-state index contributed by atoms with van der Waals surface area (Å²) in [5, 5.41) is 7.12. The van der Waals surface area contributed by atoms with Crippen LogP contribution in [0, 0.1) is 5.92 Å². The van der Waals surface area contributed by atoms with Crippen molar-refractivity contribution in [2.75, 3.05) is 6.54 Å². The van der Waals surface area contributed by atoms with Gasteiger partial charge in [0.1, 0.15) is 11.6 Å². The van der Waals surface area contributed by atoms with Gasteiger partial charge < -0.3 is 14.1 Å². The predicted molar refractivity (Wildman–Crippen MR) is 110 cm³/mol. The van der Waals surface area contributed by atoms with Crippen LogP contribution in [0.15, 0.2) is 59.5 Å². The number of aromatic nitrogens is 2. The third-order valence-electron chi connectivity index (χ3n) is 5.68. The van der Waals surface area contributed by atoms with Gasteiger partial charge in [-0.15, -0.1) is 0 Å². The largest absolute Gasteiger partial charge is 0.490 e. The van der Waals surface area contributed by atoms with E-state index in [0.717, 1.165) is 37.9 Å². The molecule has 32 heavy (non-hydrogen) atoms. The molecule has 0 spiro atoms. The Hall–Kier alpha value is -3.07. The number of alkyl halides is 3. The molecule has 1 fully saturated rings. The number of furan rings is 1. The Bertz CT molecular complexity index is 1040. The Morgan fingerprint density at radius 1 is 1.19 bits per heavy atom. The number of aliphatic carboxylic acids is 1. The number of carboxylic acid groups (broad SMARTS) is 1. The van der Waals surface area contributed by atoms with Crippen LogP contribution in [0.25, 0.3) is 0 Å². The van der Waals surface area contributed by atoms with Crippen molar-refractivity contribution in [3.8, 4) is 0 Å². The van der Waals surface area contributed by atoms with Gasteiger partial charge in [-0.3, -0.25) is 4.90 Å². The van der Waals surface area contributed by atoms with E-state index in [2.05, 4.69) is 46.0 Å². The molecule has 1 unspecified atom stereocenters. The molecular formula is C23H24F3N3O3. The summed E-state index contributed by atoms with van der Waals surface area (Å²) in [7, 11) is 0. The molecule has 1 atom stereocenters. The highest BCUT2D eigenvalue weighted by molar-refractivity contribution is 5.73. The first-order valence-corrected chi connectivity index (χ1v) is 10.4. The minimum atomic E-state index is -5.08. The zero-order valence-electron chi connectivity index (χ0n) is 17.3. The molecule has 0 radical (unpaired) electrons. The first-order chi connectivity index (χ1) is 15.3. The molecule has 1 saturated carbocycles. The highest BCUT2D eigenvalue weighted by atomic mass is 19.4. The number of hydrogen-bond donors (Lipinski definition) is 1. The van der Waals surface area contributed by atoms with Crippen molar-refractivity contribution in [2.45, 2.75) is 44.6 Å². The van der Waals surface area contributed by atoms with Gasteiger partial charge in [-0.2, -0.15) is 13.2 Å². The average Bonchev–Trinajstić information content (AvgIpc) is 3.20. The second-order valence-corrected chi connectivity index (χ2v) is 8.18. The fourth-order valence-electron chi connectivity index (χ4n) is 4.01. The molecule has 1 N–H and O–H groups in total. The van der Waals surface area contributed by atoms with Crippen molar-refractivity contribution in [3.05, 3.63) is 77.8 Å². The number of fused-ring (bicyclic) bond motifs is 1. The second kappa shape index (κ2) is 9.20. The number of imidazole rings is 1. The highest BCUT2D eigenvalue weighted by Gasteiger charge is 2.38. The Morgan fingerprint density at radius 3 is 2.59 bits per heavy atom. The van der Waals surface area contributed by atoms with Crippen LogP contribution in [0.1, 0.15) is 41.5 Å². The molecule has 1 aliphatic carbocycles. The first-order valence-electron chi connectivity index (χ1n) is 10.4. The van der Waals surface area contributed by atoms with E-state index in [1.54, 1.807) is 6.26 Å². The van der Waals surface area contributed by atoms with Crippen LogP contribution in [-0.2, 0) is 24.4 Å². The smallest absolute Gasteiger partial charge is 0.475 e. The Kier molecular flexibility index (Phi) is 6.36. The molecule has 3 aromatic rings. The zero-order chi connectivity index (χ0) is 22.7. The molecule has 5 rings (SSSR count). The highest BCUT2D eigenvalue weighted by Crippen LogP contribution is 2.36. The van der Waals surface area contributed by atoms with Crippen LogP contribution in [0.3, 0.4) is 0 Å². The molecule has 0 bridgehead atoms. The summed E-state index contributed by atoms with van der Waals surface area (Å²) in [6.45, 7) is 3.92. The molecular weight excluding hydrogens is 423 g/mol. The zero-order valence-corrected chi connectivity index (χ0v) is 17.3. The first kappa shape index (κ1) is 22.1. The van der Waals surface area contributed by atoms with Crippen molar-refractivity contribution in [2.24, 2.45) is 5.92 Å². The van der Waals surface area contributed by atoms with Crippen LogP contribution < -0.4 is 0 Å². The van der Waals surface area contributed by atoms with Crippen LogP contribution in [0.5, 0.6) is 0 Å². The Labute approximate surface area is 183 Å². The van der Waals surface area contributed by atoms with E-state index in [0.29, 0.717) is 5.92 Å². The molecule has 1 aliphatic heterocycles. The van der Waals surface area contributed by atoms with E-state index in [1.165, 1.54) is 29.8 Å². The number of nitrogens with zero attached hydrogens (tertiary/aromatic N) is 3. The lowest BCUT2D eigenvalue weighted by molar-refractivity contribution is -0.192. The molecule has 0 amide bonds. The normalized spacial score (nSPS) is 18.5. The lowest BCUT2D eigenvalue weighted by Gasteiger charge is -2.34. The fourth-order valence-corrected chi connectivity index (χ4v) is 4.01. The molecule has 2 aromatic heterocycles. The lowest BCUT2D eigenvalue weighted by Crippen LogP contribution is -2.34. The molecule has 3 heterocycles. The summed E-state index contributed by atoms with van der Waals surface area (Å²) in [5.74, 6) is 0.662. The molecule has 2 aliphatic rings. The van der Waals surface area contributed by atoms with Crippen LogP contribution in [0.4, 0.5) is 13.2 Å². The van der Waals surface area contributed by atoms with Gasteiger partial charge in [0.25, 0.3) is 0 Å². The van der Waals surface area contributed by atoms with Gasteiger partial charge in [0.05, 0.1) is 18.7 Å². The Balaban J connectivity index is 0.000000307. The van der Waals surface area contributed by atoms with E-state index < -0.39 is 12.1 Å². The summed E-state index contributed by atoms with van der Waals surface area (Å²) in [6.07, 6.45) is 3.52. The van der Waals surface area contributed by atoms with E-state index in [-0.39, 0.29) is 0 Å². The van der Waals surface area contributed by atoms with Crippen molar-refractivity contribution >= 4 is 5.97 Å². The van der Waals surface area contributed by atoms with Gasteiger partial charge in [-0.1, -0.05) is 24.3 Å². The molecule has 170 valence electrons. The van der Waals surface area contributed by atoms with Crippen LogP contribution in [0.2, 0.25) is 0 Å². The van der Waals surface area contributed by atoms with Gasteiger partial charge in [-0.25, -0.2) is 9.78 Å². The number of hydrogen-bond acceptors (Lipinski definition) is 4. The van der Waals surface area contributed by atoms with Crippen molar-refractivity contribution in [3.63, 3.8) is 0 Å². The maximum atomic E-state index is 10.6. The van der Waals surface area contributed by atoms with Crippen molar-refractivity contribution in [1.29, 1.82) is 0 Å². The van der Waals surface area contributed by atoms with Gasteiger partial charge in [0.2, 0.25) is 0 Å². The van der Waals surface area contributed by atoms with Crippen molar-refractivity contribution < 1.29 is 27.5 Å². The molecule has 0 saturated heterocycles. The topological polar surface area (TPSA) is 71.5 Å². The standard InChI is InChI=1S/C21H23N3O.C2HF3O2/c1-2-6-19-17(4-1)13-23(14-18-5-3-11-25-18)15-20(19)21-22-9-10-24(21)12-16-7-8-16;3-2(4,5)1(6)7/h1-6,9-11,16,20H,7-8,12-15H2;(H,6,7). The third kappa shape index (κ3) is 5.40. The molecule has 9 heteroatoms. The minimum absolute atomic E-state index is 0.327. The van der Waals surface area contributed by atoms with E-state index in [1.807, 2.05) is 12.3 Å². The Morgan fingerprint density at radius 2 is 1.94 bits per heavy atom. The monoisotopic (exact) mass is 447 g/mol. The van der Waals surface area contributed by atoms with E-state index in [4.69, 9.17) is 19.3 Å². The van der Waals surface area contributed by atoms with Crippen LogP contribution in [-0.4, -0.2) is 38.2 Å². The minimum Gasteiger partial charge on any atom is -0.475 e. The third-order valence-corrected chi connectivity index (χ3v) is 5.68. The number of carbonyl (C=O) groups is 1. The van der Waals surface area contributed by atoms with Crippen LogP contribution >= 0.6 is 0 Å². The maximum Gasteiger partial charge on any atom is 0.490 e. The second-order valence-electron chi connectivity index (χ2n) is 8.18. The number of carboxylic acids is 1. The average molecular weight is 447 g/mol. The summed E-state index contributed by atoms with van der Waals surface area (Å²) in [6, 6.07) is 12.9. The van der Waals surface area contributed by atoms with E-state index >= 15 is 0 Å². The summed E-state index contributed by atoms with van der Waals surface area (Å²) in [4.78, 5) is 16.1. The molecule has 1 aromatic carbocycles. The molecule has 6 nitrogen and oxygen atoms in total. The maximum absolute atomic E-state index is 10.6. The summed E-state index contributed by atoms with van der Waals surface area (Å²) < 4.78 is 39.7. The van der Waals surface area contributed by atoms with E-state index in [9.17, 15) is 13.2 Å². The lowest BCUT2D eigenvalue weighted by atomic mass is 9.89. The van der Waals surface area contributed by atoms with Crippen molar-refractivity contribution in [1.82, 2.24) is 14.5 Å². The SMILES string of the molecule is O=C(O)C(F)(F)F.c1coc(CN2Cc3ccccc3C(c3nccn3CC3CC3)C2)c1. The summed E-state index contributed by atoms with van der Waals surface area (Å²) >= 11 is 0. The number of benzene rings is 1. The van der Waals surface area contributed by atoms with Gasteiger partial charge >= 0.3 is 12.1 Å². The summed E-state index contributed by atoms with van der Waals surface area (Å²) in [5.41, 5.74) is 2.84. The van der Waals surface area contributed by atoms with Gasteiger partial charge in [0, 0.05) is 32.0 Å². The quantitative estimate of drug-likeness (QED) is 0.616. The van der Waals surface area contributed by atoms with Gasteiger partial charge in [-0.05, 0) is 42.0 Å². The number of halogens is 3. The van der Waals surface area contributed by atoms with Gasteiger partial charge in [0.15, 0.2) is 0 Å².